The van der Waals surface area contributed by atoms with E-state index in [1.165, 1.54) is 7.11 Å². The second kappa shape index (κ2) is 6.76. The molecule has 2 amide bonds. The zero-order valence-electron chi connectivity index (χ0n) is 10.6. The Balaban J connectivity index is 2.65. The number of methoxy groups -OCH3 is 1. The number of benzene rings is 1. The highest BCUT2D eigenvalue weighted by molar-refractivity contribution is 5.87. The number of nitrogens with one attached hydrogen (secondary N) is 1. The lowest BCUT2D eigenvalue weighted by molar-refractivity contribution is -0.129. The number of hydrogen-bond donors (Lipinski definition) is 2. The number of carbonyl (C=O) groups is 2. The Morgan fingerprint density at radius 3 is 2.44 bits per heavy atom. The first-order chi connectivity index (χ1) is 8.52. The minimum atomic E-state index is -0.713. The Kier molecular flexibility index (Phi) is 5.32. The first-order valence-corrected chi connectivity index (χ1v) is 5.66. The molecule has 1 atom stereocenters. The van der Waals surface area contributed by atoms with E-state index < -0.39 is 11.9 Å². The van der Waals surface area contributed by atoms with E-state index in [1.54, 1.807) is 0 Å². The van der Waals surface area contributed by atoms with Crippen molar-refractivity contribution in [3.8, 4) is 0 Å². The number of hydrogen-bond acceptors (Lipinski definition) is 3. The van der Waals surface area contributed by atoms with E-state index in [4.69, 9.17) is 5.73 Å². The lowest BCUT2D eigenvalue weighted by Crippen LogP contribution is -2.46. The van der Waals surface area contributed by atoms with Gasteiger partial charge in [0.25, 0.3) is 0 Å². The lowest BCUT2D eigenvalue weighted by Gasteiger charge is -2.15. The van der Waals surface area contributed by atoms with Crippen LogP contribution in [-0.4, -0.2) is 31.6 Å². The van der Waals surface area contributed by atoms with Gasteiger partial charge < -0.3 is 15.8 Å². The van der Waals surface area contributed by atoms with Crippen molar-refractivity contribution in [1.82, 2.24) is 5.32 Å². The van der Waals surface area contributed by atoms with Gasteiger partial charge in [-0.05, 0) is 12.5 Å². The van der Waals surface area contributed by atoms with Crippen molar-refractivity contribution in [2.24, 2.45) is 5.73 Å². The first kappa shape index (κ1) is 14.2. The molecule has 5 heteroatoms. The third-order valence-corrected chi connectivity index (χ3v) is 2.51. The van der Waals surface area contributed by atoms with Crippen LogP contribution in [0.4, 0.5) is 0 Å². The molecule has 0 aromatic heterocycles. The number of nitrogens with two attached hydrogens (primary N) is 1. The minimum Gasteiger partial charge on any atom is -0.375 e. The predicted octanol–water partition coefficient (Wildman–Crippen LogP) is 0.154. The zero-order valence-corrected chi connectivity index (χ0v) is 10.6. The minimum absolute atomic E-state index is 0.0856. The Morgan fingerprint density at radius 1 is 1.33 bits per heavy atom. The number of amides is 2. The summed E-state index contributed by atoms with van der Waals surface area (Å²) >= 11 is 0. The van der Waals surface area contributed by atoms with Crippen molar-refractivity contribution in [3.63, 3.8) is 0 Å². The Hall–Kier alpha value is -1.88. The number of rotatable bonds is 6. The molecule has 1 aromatic rings. The molecule has 3 N–H and O–H groups in total. The fourth-order valence-corrected chi connectivity index (χ4v) is 1.55. The van der Waals surface area contributed by atoms with Crippen LogP contribution in [0, 0.1) is 6.92 Å². The van der Waals surface area contributed by atoms with Crippen LogP contribution in [-0.2, 0) is 20.7 Å². The Labute approximate surface area is 106 Å². The van der Waals surface area contributed by atoms with Gasteiger partial charge in [0.05, 0.1) is 0 Å². The molecular formula is C13H18N2O3. The van der Waals surface area contributed by atoms with Crippen LogP contribution < -0.4 is 11.1 Å². The molecule has 18 heavy (non-hydrogen) atoms. The maximum absolute atomic E-state index is 11.4. The third-order valence-electron chi connectivity index (χ3n) is 2.51. The summed E-state index contributed by atoms with van der Waals surface area (Å²) in [6, 6.07) is 7.01. The highest BCUT2D eigenvalue weighted by Gasteiger charge is 2.18. The van der Waals surface area contributed by atoms with Gasteiger partial charge >= 0.3 is 0 Å². The molecule has 0 aliphatic rings. The summed E-state index contributed by atoms with van der Waals surface area (Å²) in [5.74, 6) is -0.909. The molecule has 0 heterocycles. The molecule has 0 saturated carbocycles. The van der Waals surface area contributed by atoms with Crippen molar-refractivity contribution in [1.29, 1.82) is 0 Å². The van der Waals surface area contributed by atoms with Gasteiger partial charge in [0.15, 0.2) is 0 Å². The molecule has 1 aromatic carbocycles. The second-order valence-electron chi connectivity index (χ2n) is 4.15. The average molecular weight is 250 g/mol. The summed E-state index contributed by atoms with van der Waals surface area (Å²) in [4.78, 5) is 22.6. The number of primary amides is 1. The summed E-state index contributed by atoms with van der Waals surface area (Å²) in [5, 5.41) is 2.54. The molecule has 0 aliphatic heterocycles. The Bertz CT molecular complexity index is 415. The van der Waals surface area contributed by atoms with Crippen LogP contribution >= 0.6 is 0 Å². The van der Waals surface area contributed by atoms with Crippen LogP contribution in [0.3, 0.4) is 0 Å². The van der Waals surface area contributed by atoms with Crippen molar-refractivity contribution in [2.45, 2.75) is 19.4 Å². The van der Waals surface area contributed by atoms with Gasteiger partial charge in [-0.3, -0.25) is 9.59 Å². The van der Waals surface area contributed by atoms with Crippen molar-refractivity contribution in [3.05, 3.63) is 35.4 Å². The van der Waals surface area contributed by atoms with Gasteiger partial charge in [-0.15, -0.1) is 0 Å². The molecule has 0 unspecified atom stereocenters. The van der Waals surface area contributed by atoms with Gasteiger partial charge in [-0.25, -0.2) is 0 Å². The van der Waals surface area contributed by atoms with Gasteiger partial charge in [-0.2, -0.15) is 0 Å². The van der Waals surface area contributed by atoms with Crippen LogP contribution in [0.2, 0.25) is 0 Å². The summed E-state index contributed by atoms with van der Waals surface area (Å²) < 4.78 is 4.69. The molecule has 5 nitrogen and oxygen atoms in total. The van der Waals surface area contributed by atoms with E-state index in [0.717, 1.165) is 11.1 Å². The van der Waals surface area contributed by atoms with Gasteiger partial charge in [0, 0.05) is 13.5 Å². The summed E-state index contributed by atoms with van der Waals surface area (Å²) in [6.07, 6.45) is 0.380. The molecule has 0 saturated heterocycles. The van der Waals surface area contributed by atoms with E-state index in [1.807, 2.05) is 31.2 Å². The molecule has 98 valence electrons. The summed E-state index contributed by atoms with van der Waals surface area (Å²) in [7, 11) is 1.42. The van der Waals surface area contributed by atoms with Crippen molar-refractivity contribution < 1.29 is 14.3 Å². The monoisotopic (exact) mass is 250 g/mol. The number of ether oxygens (including phenoxy) is 1. The predicted molar refractivity (Wildman–Crippen MR) is 67.9 cm³/mol. The van der Waals surface area contributed by atoms with Crippen LogP contribution in [0.5, 0.6) is 0 Å². The smallest absolute Gasteiger partial charge is 0.246 e. The molecule has 0 radical (unpaired) electrons. The van der Waals surface area contributed by atoms with E-state index in [-0.39, 0.29) is 12.5 Å². The SMILES string of the molecule is COCC(=O)N[C@@H](Cc1ccc(C)cc1)C(N)=O. The summed E-state index contributed by atoms with van der Waals surface area (Å²) in [6.45, 7) is 1.90. The van der Waals surface area contributed by atoms with Crippen molar-refractivity contribution in [2.75, 3.05) is 13.7 Å². The first-order valence-electron chi connectivity index (χ1n) is 5.66. The standard InChI is InChI=1S/C13H18N2O3/c1-9-3-5-10(6-4-9)7-11(13(14)17)15-12(16)8-18-2/h3-6,11H,7-8H2,1-2H3,(H2,14,17)(H,15,16)/t11-/m0/s1. The van der Waals surface area contributed by atoms with Gasteiger partial charge in [0.2, 0.25) is 11.8 Å². The van der Waals surface area contributed by atoms with E-state index in [2.05, 4.69) is 10.1 Å². The van der Waals surface area contributed by atoms with E-state index in [9.17, 15) is 9.59 Å². The largest absolute Gasteiger partial charge is 0.375 e. The number of carbonyl (C=O) groups excluding carboxylic acids is 2. The molecule has 0 bridgehead atoms. The molecule has 0 fully saturated rings. The van der Waals surface area contributed by atoms with Crippen LogP contribution in [0.15, 0.2) is 24.3 Å². The van der Waals surface area contributed by atoms with E-state index in [0.29, 0.717) is 6.42 Å². The highest BCUT2D eigenvalue weighted by Crippen LogP contribution is 2.06. The second-order valence-corrected chi connectivity index (χ2v) is 4.15. The van der Waals surface area contributed by atoms with Crippen molar-refractivity contribution >= 4 is 11.8 Å². The van der Waals surface area contributed by atoms with Gasteiger partial charge in [0.1, 0.15) is 12.6 Å². The normalized spacial score (nSPS) is 11.9. The van der Waals surface area contributed by atoms with Crippen LogP contribution in [0.25, 0.3) is 0 Å². The molecule has 0 aliphatic carbocycles. The number of aryl methyl sites for hydroxylation is 1. The third kappa shape index (κ3) is 4.55. The van der Waals surface area contributed by atoms with Gasteiger partial charge in [-0.1, -0.05) is 29.8 Å². The fourth-order valence-electron chi connectivity index (χ4n) is 1.55. The maximum atomic E-state index is 11.4. The molecule has 0 spiro atoms. The zero-order chi connectivity index (χ0) is 13.5. The fraction of sp³-hybridized carbons (Fsp3) is 0.385. The highest BCUT2D eigenvalue weighted by atomic mass is 16.5. The summed E-state index contributed by atoms with van der Waals surface area (Å²) in [5.41, 5.74) is 7.35. The molecular weight excluding hydrogens is 232 g/mol. The lowest BCUT2D eigenvalue weighted by atomic mass is 10.0. The van der Waals surface area contributed by atoms with E-state index >= 15 is 0 Å². The molecule has 1 rings (SSSR count). The maximum Gasteiger partial charge on any atom is 0.246 e. The van der Waals surface area contributed by atoms with Crippen LogP contribution in [0.1, 0.15) is 11.1 Å². The topological polar surface area (TPSA) is 81.4 Å². The quantitative estimate of drug-likeness (QED) is 0.754. The average Bonchev–Trinajstić information content (AvgIpc) is 2.31. The Morgan fingerprint density at radius 2 is 1.94 bits per heavy atom.